The van der Waals surface area contributed by atoms with E-state index < -0.39 is 37.0 Å². The number of hydrogen-bond donors (Lipinski definition) is 4. The van der Waals surface area contributed by atoms with Crippen molar-refractivity contribution in [3.63, 3.8) is 0 Å². The van der Waals surface area contributed by atoms with Crippen molar-refractivity contribution in [1.29, 1.82) is 0 Å². The third-order valence-electron chi connectivity index (χ3n) is 4.63. The second-order valence-corrected chi connectivity index (χ2v) is 7.14. The molecular weight excluding hydrogens is 352 g/mol. The standard InChI is InChI=1S/C20H38O7/c1-2-3-4-5-6-7-8-9-10-11-12-13-18(24)27-15-17(23)20(26)19(25)16(22)14-21/h14,16-17,19-20,22-23,25-26H,2-13,15H2,1H3/t16-,17+,19+,20+/m0/s1. The number of rotatable bonds is 18. The molecule has 7 nitrogen and oxygen atoms in total. The van der Waals surface area contributed by atoms with Crippen molar-refractivity contribution < 1.29 is 34.8 Å². The molecule has 4 atom stereocenters. The van der Waals surface area contributed by atoms with E-state index in [1.807, 2.05) is 0 Å². The van der Waals surface area contributed by atoms with Gasteiger partial charge in [-0.2, -0.15) is 0 Å². The monoisotopic (exact) mass is 390 g/mol. The summed E-state index contributed by atoms with van der Waals surface area (Å²) >= 11 is 0. The molecule has 0 saturated heterocycles. The van der Waals surface area contributed by atoms with Crippen molar-refractivity contribution >= 4 is 12.3 Å². The SMILES string of the molecule is CCCCCCCCCCCCCC(=O)OC[C@@H](O)[C@@H](O)[C@H](O)[C@@H](O)C=O. The molecule has 0 aliphatic rings. The van der Waals surface area contributed by atoms with E-state index in [4.69, 9.17) is 9.84 Å². The molecule has 160 valence electrons. The smallest absolute Gasteiger partial charge is 0.305 e. The molecule has 4 N–H and O–H groups in total. The fourth-order valence-electron chi connectivity index (χ4n) is 2.79. The van der Waals surface area contributed by atoms with Crippen LogP contribution in [0.3, 0.4) is 0 Å². The number of carbonyl (C=O) groups is 2. The summed E-state index contributed by atoms with van der Waals surface area (Å²) in [6.07, 6.45) is 6.28. The Balaban J connectivity index is 3.60. The van der Waals surface area contributed by atoms with Gasteiger partial charge in [0.15, 0.2) is 6.29 Å². The summed E-state index contributed by atoms with van der Waals surface area (Å²) in [5.41, 5.74) is 0. The highest BCUT2D eigenvalue weighted by molar-refractivity contribution is 5.69. The molecule has 0 aromatic rings. The Hall–Kier alpha value is -1.02. The number of aliphatic hydroxyl groups is 4. The van der Waals surface area contributed by atoms with Crippen LogP contribution in [0.25, 0.3) is 0 Å². The Morgan fingerprint density at radius 1 is 0.815 bits per heavy atom. The summed E-state index contributed by atoms with van der Waals surface area (Å²) < 4.78 is 4.85. The Bertz CT molecular complexity index is 375. The van der Waals surface area contributed by atoms with Gasteiger partial charge < -0.3 is 30.0 Å². The van der Waals surface area contributed by atoms with E-state index in [-0.39, 0.29) is 12.7 Å². The van der Waals surface area contributed by atoms with Gasteiger partial charge in [-0.3, -0.25) is 4.79 Å². The van der Waals surface area contributed by atoms with Crippen LogP contribution in [0.15, 0.2) is 0 Å². The predicted molar refractivity (Wildman–Crippen MR) is 102 cm³/mol. The largest absolute Gasteiger partial charge is 0.463 e. The lowest BCUT2D eigenvalue weighted by Crippen LogP contribution is -2.46. The maximum Gasteiger partial charge on any atom is 0.305 e. The first-order chi connectivity index (χ1) is 12.9. The van der Waals surface area contributed by atoms with Crippen LogP contribution < -0.4 is 0 Å². The Kier molecular flexibility index (Phi) is 16.5. The zero-order valence-electron chi connectivity index (χ0n) is 16.6. The van der Waals surface area contributed by atoms with E-state index >= 15 is 0 Å². The zero-order valence-corrected chi connectivity index (χ0v) is 16.6. The molecule has 0 heterocycles. The number of unbranched alkanes of at least 4 members (excludes halogenated alkanes) is 10. The van der Waals surface area contributed by atoms with Crippen molar-refractivity contribution in [3.05, 3.63) is 0 Å². The van der Waals surface area contributed by atoms with Crippen LogP contribution in [0.1, 0.15) is 84.0 Å². The summed E-state index contributed by atoms with van der Waals surface area (Å²) in [5, 5.41) is 37.7. The Labute approximate surface area is 162 Å². The molecule has 27 heavy (non-hydrogen) atoms. The minimum Gasteiger partial charge on any atom is -0.463 e. The molecule has 0 radical (unpaired) electrons. The van der Waals surface area contributed by atoms with Gasteiger partial charge in [0.2, 0.25) is 0 Å². The molecule has 0 aromatic heterocycles. The number of ether oxygens (including phenoxy) is 1. The maximum atomic E-state index is 11.6. The molecule has 0 spiro atoms. The minimum absolute atomic E-state index is 0.0546. The minimum atomic E-state index is -1.83. The topological polar surface area (TPSA) is 124 Å². The van der Waals surface area contributed by atoms with Gasteiger partial charge in [-0.25, -0.2) is 0 Å². The number of hydrogen-bond acceptors (Lipinski definition) is 7. The van der Waals surface area contributed by atoms with Crippen LogP contribution in [-0.2, 0) is 14.3 Å². The van der Waals surface area contributed by atoms with E-state index in [1.54, 1.807) is 0 Å². The second-order valence-electron chi connectivity index (χ2n) is 7.14. The van der Waals surface area contributed by atoms with Crippen LogP contribution in [0.2, 0.25) is 0 Å². The lowest BCUT2D eigenvalue weighted by molar-refractivity contribution is -0.156. The van der Waals surface area contributed by atoms with E-state index in [9.17, 15) is 24.9 Å². The maximum absolute atomic E-state index is 11.6. The highest BCUT2D eigenvalue weighted by atomic mass is 16.5. The number of aliphatic hydroxyl groups excluding tert-OH is 4. The number of carbonyl (C=O) groups excluding carboxylic acids is 2. The first-order valence-electron chi connectivity index (χ1n) is 10.3. The predicted octanol–water partition coefficient (Wildman–Crippen LogP) is 1.87. The van der Waals surface area contributed by atoms with E-state index in [0.29, 0.717) is 6.42 Å². The highest BCUT2D eigenvalue weighted by Gasteiger charge is 2.30. The van der Waals surface area contributed by atoms with Gasteiger partial charge in [0.05, 0.1) is 0 Å². The summed E-state index contributed by atoms with van der Waals surface area (Å²) in [5.74, 6) is -0.484. The van der Waals surface area contributed by atoms with Gasteiger partial charge in [0, 0.05) is 6.42 Å². The lowest BCUT2D eigenvalue weighted by Gasteiger charge is -2.23. The highest BCUT2D eigenvalue weighted by Crippen LogP contribution is 2.12. The van der Waals surface area contributed by atoms with E-state index in [1.165, 1.54) is 51.4 Å². The Morgan fingerprint density at radius 3 is 1.78 bits per heavy atom. The molecule has 0 aliphatic heterocycles. The molecule has 0 aliphatic carbocycles. The van der Waals surface area contributed by atoms with Crippen LogP contribution >= 0.6 is 0 Å². The van der Waals surface area contributed by atoms with Gasteiger partial charge in [0.25, 0.3) is 0 Å². The fourth-order valence-corrected chi connectivity index (χ4v) is 2.79. The van der Waals surface area contributed by atoms with Gasteiger partial charge in [-0.1, -0.05) is 71.1 Å². The van der Waals surface area contributed by atoms with Crippen LogP contribution in [0, 0.1) is 0 Å². The van der Waals surface area contributed by atoms with Gasteiger partial charge in [0.1, 0.15) is 31.0 Å². The lowest BCUT2D eigenvalue weighted by atomic mass is 10.0. The van der Waals surface area contributed by atoms with Crippen LogP contribution in [0.5, 0.6) is 0 Å². The summed E-state index contributed by atoms with van der Waals surface area (Å²) in [6, 6.07) is 0. The van der Waals surface area contributed by atoms with Crippen LogP contribution in [0.4, 0.5) is 0 Å². The molecule has 0 saturated carbocycles. The average molecular weight is 391 g/mol. The summed E-state index contributed by atoms with van der Waals surface area (Å²) in [4.78, 5) is 21.9. The first kappa shape index (κ1) is 26.0. The Morgan fingerprint density at radius 2 is 1.30 bits per heavy atom. The van der Waals surface area contributed by atoms with Gasteiger partial charge >= 0.3 is 5.97 Å². The van der Waals surface area contributed by atoms with Crippen LogP contribution in [-0.4, -0.2) is 63.7 Å². The fraction of sp³-hybridized carbons (Fsp3) is 0.900. The average Bonchev–Trinajstić information content (AvgIpc) is 2.68. The third-order valence-corrected chi connectivity index (χ3v) is 4.63. The molecule has 0 bridgehead atoms. The van der Waals surface area contributed by atoms with E-state index in [2.05, 4.69) is 6.92 Å². The van der Waals surface area contributed by atoms with Crippen molar-refractivity contribution in [1.82, 2.24) is 0 Å². The van der Waals surface area contributed by atoms with Crippen molar-refractivity contribution in [2.45, 2.75) is 108 Å². The summed E-state index contributed by atoms with van der Waals surface area (Å²) in [7, 11) is 0. The number of esters is 1. The zero-order chi connectivity index (χ0) is 20.5. The first-order valence-corrected chi connectivity index (χ1v) is 10.3. The normalized spacial score (nSPS) is 15.7. The van der Waals surface area contributed by atoms with Gasteiger partial charge in [-0.15, -0.1) is 0 Å². The molecule has 0 fully saturated rings. The molecular formula is C20H38O7. The van der Waals surface area contributed by atoms with Crippen molar-refractivity contribution in [2.75, 3.05) is 6.61 Å². The van der Waals surface area contributed by atoms with Crippen molar-refractivity contribution in [3.8, 4) is 0 Å². The molecule has 0 amide bonds. The summed E-state index contributed by atoms with van der Waals surface area (Å²) in [6.45, 7) is 1.72. The molecule has 0 rings (SSSR count). The molecule has 0 unspecified atom stereocenters. The third kappa shape index (κ3) is 13.7. The second kappa shape index (κ2) is 17.1. The number of aldehydes is 1. The van der Waals surface area contributed by atoms with Gasteiger partial charge in [-0.05, 0) is 6.42 Å². The van der Waals surface area contributed by atoms with Crippen molar-refractivity contribution in [2.24, 2.45) is 0 Å². The van der Waals surface area contributed by atoms with E-state index in [0.717, 1.165) is 12.8 Å². The molecule has 0 aromatic carbocycles. The quantitative estimate of drug-likeness (QED) is 0.160. The molecule has 7 heteroatoms.